The number of piperidine rings is 1. The van der Waals surface area contributed by atoms with Crippen LogP contribution < -0.4 is 5.32 Å². The lowest BCUT2D eigenvalue weighted by molar-refractivity contribution is -0.130. The number of benzene rings is 1. The van der Waals surface area contributed by atoms with Gasteiger partial charge in [-0.3, -0.25) is 9.59 Å². The number of carboxylic acids is 1. The van der Waals surface area contributed by atoms with Crippen molar-refractivity contribution in [3.63, 3.8) is 0 Å². The number of aromatic carboxylic acids is 1. The number of aromatic nitrogens is 2. The number of aliphatic hydroxyl groups excluding tert-OH is 1. The van der Waals surface area contributed by atoms with Crippen LogP contribution in [0.4, 0.5) is 0 Å². The number of carboxylic acid groups (broad SMARTS) is 1. The summed E-state index contributed by atoms with van der Waals surface area (Å²) in [7, 11) is 0. The molecular weight excluding hydrogens is 388 g/mol. The fraction of sp³-hybridized carbons (Fsp3) is 0.381. The van der Waals surface area contributed by atoms with Gasteiger partial charge in [0, 0.05) is 24.2 Å². The summed E-state index contributed by atoms with van der Waals surface area (Å²) in [5.74, 6) is -1.98. The summed E-state index contributed by atoms with van der Waals surface area (Å²) in [5, 5.41) is 22.3. The fourth-order valence-electron chi connectivity index (χ4n) is 4.42. The summed E-state index contributed by atoms with van der Waals surface area (Å²) in [6, 6.07) is 9.64. The van der Waals surface area contributed by atoms with Crippen LogP contribution >= 0.6 is 0 Å². The minimum atomic E-state index is -1.24. The van der Waals surface area contributed by atoms with Crippen LogP contribution in [0.15, 0.2) is 42.7 Å². The molecule has 9 heteroatoms. The lowest BCUT2D eigenvalue weighted by Gasteiger charge is -2.39. The molecule has 2 aliphatic heterocycles. The number of aliphatic hydroxyl groups is 1. The lowest BCUT2D eigenvalue weighted by atomic mass is 9.96. The topological polar surface area (TPSA) is 133 Å². The molecule has 9 nitrogen and oxygen atoms in total. The first-order valence-corrected chi connectivity index (χ1v) is 9.85. The van der Waals surface area contributed by atoms with Crippen molar-refractivity contribution < 1.29 is 24.6 Å². The highest BCUT2D eigenvalue weighted by Crippen LogP contribution is 2.37. The third-order valence-corrected chi connectivity index (χ3v) is 5.78. The SMILES string of the molecule is O=C(O)c1cc(C(=O)N2C3CCC2CC(NC(=O)C(O)c2ccccc2)C3)ncn1. The number of hydrogen-bond donors (Lipinski definition) is 3. The van der Waals surface area contributed by atoms with Gasteiger partial charge in [0.25, 0.3) is 11.8 Å². The molecule has 0 saturated carbocycles. The zero-order valence-corrected chi connectivity index (χ0v) is 16.1. The average Bonchev–Trinajstić information content (AvgIpc) is 3.03. The van der Waals surface area contributed by atoms with Crippen molar-refractivity contribution in [2.75, 3.05) is 0 Å². The van der Waals surface area contributed by atoms with Crippen molar-refractivity contribution in [3.05, 3.63) is 59.7 Å². The van der Waals surface area contributed by atoms with Crippen LogP contribution in [0.2, 0.25) is 0 Å². The van der Waals surface area contributed by atoms with Gasteiger partial charge in [0.15, 0.2) is 11.8 Å². The first-order valence-electron chi connectivity index (χ1n) is 9.85. The highest BCUT2D eigenvalue weighted by Gasteiger charge is 2.44. The quantitative estimate of drug-likeness (QED) is 0.674. The molecule has 2 aliphatic rings. The van der Waals surface area contributed by atoms with Gasteiger partial charge in [0.1, 0.15) is 12.0 Å². The Morgan fingerprint density at radius 1 is 1.03 bits per heavy atom. The summed E-state index contributed by atoms with van der Waals surface area (Å²) >= 11 is 0. The summed E-state index contributed by atoms with van der Waals surface area (Å²) in [5.41, 5.74) is 0.364. The predicted molar refractivity (Wildman–Crippen MR) is 105 cm³/mol. The molecule has 0 spiro atoms. The Labute approximate surface area is 172 Å². The average molecular weight is 410 g/mol. The van der Waals surface area contributed by atoms with Gasteiger partial charge in [0.05, 0.1) is 0 Å². The summed E-state index contributed by atoms with van der Waals surface area (Å²) in [6.45, 7) is 0. The molecule has 2 fully saturated rings. The number of rotatable bonds is 5. The second-order valence-corrected chi connectivity index (χ2v) is 7.68. The van der Waals surface area contributed by atoms with Crippen LogP contribution in [0.1, 0.15) is 58.3 Å². The number of hydrogen-bond acceptors (Lipinski definition) is 6. The Kier molecular flexibility index (Phi) is 5.45. The highest BCUT2D eigenvalue weighted by atomic mass is 16.4. The lowest BCUT2D eigenvalue weighted by Crippen LogP contribution is -2.53. The Morgan fingerprint density at radius 2 is 1.67 bits per heavy atom. The first kappa shape index (κ1) is 20.0. The Hall–Kier alpha value is -3.33. The summed E-state index contributed by atoms with van der Waals surface area (Å²) < 4.78 is 0. The van der Waals surface area contributed by atoms with Crippen molar-refractivity contribution in [2.24, 2.45) is 0 Å². The number of nitrogens with one attached hydrogen (secondary N) is 1. The minimum absolute atomic E-state index is 0.0567. The number of fused-ring (bicyclic) bond motifs is 2. The van der Waals surface area contributed by atoms with E-state index in [1.165, 1.54) is 6.07 Å². The molecule has 2 amide bonds. The van der Waals surface area contributed by atoms with E-state index in [1.54, 1.807) is 29.2 Å². The molecule has 30 heavy (non-hydrogen) atoms. The molecular formula is C21H22N4O5. The van der Waals surface area contributed by atoms with E-state index < -0.39 is 18.0 Å². The zero-order chi connectivity index (χ0) is 21.3. The van der Waals surface area contributed by atoms with E-state index in [0.29, 0.717) is 18.4 Å². The van der Waals surface area contributed by atoms with E-state index in [1.807, 2.05) is 6.07 Å². The zero-order valence-electron chi connectivity index (χ0n) is 16.1. The molecule has 0 radical (unpaired) electrons. The van der Waals surface area contributed by atoms with E-state index in [9.17, 15) is 19.5 Å². The summed E-state index contributed by atoms with van der Waals surface area (Å²) in [4.78, 5) is 45.9. The number of carbonyl (C=O) groups is 3. The number of amides is 2. The largest absolute Gasteiger partial charge is 0.477 e. The van der Waals surface area contributed by atoms with Crippen molar-refractivity contribution in [3.8, 4) is 0 Å². The second-order valence-electron chi connectivity index (χ2n) is 7.68. The number of carbonyl (C=O) groups excluding carboxylic acids is 2. The second kappa shape index (κ2) is 8.19. The maximum atomic E-state index is 13.0. The third-order valence-electron chi connectivity index (χ3n) is 5.78. The van der Waals surface area contributed by atoms with Gasteiger partial charge in [0.2, 0.25) is 0 Å². The van der Waals surface area contributed by atoms with E-state index in [4.69, 9.17) is 5.11 Å². The molecule has 3 unspecified atom stereocenters. The molecule has 2 aromatic rings. The molecule has 3 atom stereocenters. The maximum Gasteiger partial charge on any atom is 0.354 e. The van der Waals surface area contributed by atoms with E-state index in [0.717, 1.165) is 19.2 Å². The van der Waals surface area contributed by atoms with Crippen LogP contribution in [0.25, 0.3) is 0 Å². The van der Waals surface area contributed by atoms with Crippen LogP contribution in [-0.2, 0) is 4.79 Å². The van der Waals surface area contributed by atoms with Gasteiger partial charge < -0.3 is 20.4 Å². The maximum absolute atomic E-state index is 13.0. The third kappa shape index (κ3) is 3.88. The van der Waals surface area contributed by atoms with E-state index in [-0.39, 0.29) is 35.4 Å². The molecule has 1 aromatic heterocycles. The molecule has 2 saturated heterocycles. The van der Waals surface area contributed by atoms with Crippen LogP contribution in [0, 0.1) is 0 Å². The Morgan fingerprint density at radius 3 is 2.30 bits per heavy atom. The van der Waals surface area contributed by atoms with Crippen LogP contribution in [0.5, 0.6) is 0 Å². The van der Waals surface area contributed by atoms with Gasteiger partial charge >= 0.3 is 5.97 Å². The Balaban J connectivity index is 1.42. The molecule has 3 heterocycles. The molecule has 3 N–H and O–H groups in total. The molecule has 2 bridgehead atoms. The molecule has 4 rings (SSSR count). The predicted octanol–water partition coefficient (Wildman–Crippen LogP) is 1.16. The van der Waals surface area contributed by atoms with Crippen molar-refractivity contribution >= 4 is 17.8 Å². The van der Waals surface area contributed by atoms with Gasteiger partial charge in [-0.05, 0) is 31.2 Å². The molecule has 156 valence electrons. The van der Waals surface area contributed by atoms with Crippen molar-refractivity contribution in [2.45, 2.75) is 49.9 Å². The van der Waals surface area contributed by atoms with Gasteiger partial charge in [-0.25, -0.2) is 14.8 Å². The fourth-order valence-corrected chi connectivity index (χ4v) is 4.42. The smallest absolute Gasteiger partial charge is 0.354 e. The van der Waals surface area contributed by atoms with Gasteiger partial charge in [-0.1, -0.05) is 30.3 Å². The highest BCUT2D eigenvalue weighted by molar-refractivity contribution is 5.95. The minimum Gasteiger partial charge on any atom is -0.477 e. The van der Waals surface area contributed by atoms with Crippen molar-refractivity contribution in [1.29, 1.82) is 0 Å². The standard InChI is InChI=1S/C21H22N4O5/c26-18(12-4-2-1-3-5-12)19(27)24-13-8-14-6-7-15(9-13)25(14)20(28)16-10-17(21(29)30)23-11-22-16/h1-5,10-11,13-15,18,26H,6-9H2,(H,24,27)(H,29,30). The molecule has 1 aromatic carbocycles. The van der Waals surface area contributed by atoms with E-state index in [2.05, 4.69) is 15.3 Å². The van der Waals surface area contributed by atoms with Crippen molar-refractivity contribution in [1.82, 2.24) is 20.2 Å². The molecule has 0 aliphatic carbocycles. The van der Waals surface area contributed by atoms with Gasteiger partial charge in [-0.2, -0.15) is 0 Å². The van der Waals surface area contributed by atoms with Gasteiger partial charge in [-0.15, -0.1) is 0 Å². The monoisotopic (exact) mass is 410 g/mol. The van der Waals surface area contributed by atoms with Crippen LogP contribution in [-0.4, -0.2) is 61.0 Å². The summed E-state index contributed by atoms with van der Waals surface area (Å²) in [6.07, 6.45) is 2.61. The Bertz CT molecular complexity index is 953. The first-order chi connectivity index (χ1) is 14.4. The van der Waals surface area contributed by atoms with Crippen LogP contribution in [0.3, 0.4) is 0 Å². The van der Waals surface area contributed by atoms with E-state index >= 15 is 0 Å². The normalized spacial score (nSPS) is 23.6. The number of nitrogens with zero attached hydrogens (tertiary/aromatic N) is 3.